The fraction of sp³-hybridized carbons (Fsp3) is 0. The third kappa shape index (κ3) is 11.6. The van der Waals surface area contributed by atoms with Gasteiger partial charge in [0.05, 0.1) is 31.2 Å². The van der Waals surface area contributed by atoms with Crippen LogP contribution in [0.4, 0.5) is 17.1 Å². The van der Waals surface area contributed by atoms with Crippen LogP contribution in [0.5, 0.6) is 40.2 Å². The van der Waals surface area contributed by atoms with Crippen molar-refractivity contribution >= 4 is 71.3 Å². The van der Waals surface area contributed by atoms with E-state index < -0.39 is 35.8 Å². The second kappa shape index (κ2) is 17.5. The topological polar surface area (TPSA) is 300 Å². The largest absolute Gasteiger partial charge is 1.00 e. The summed E-state index contributed by atoms with van der Waals surface area (Å²) in [5.74, 6) is -0.787. The molecule has 0 radical (unpaired) electrons. The number of phenols is 5. The van der Waals surface area contributed by atoms with E-state index in [0.29, 0.717) is 21.4 Å². The number of aromatic hydroxyl groups is 5. The third-order valence-corrected chi connectivity index (χ3v) is 9.21. The van der Waals surface area contributed by atoms with Crippen molar-refractivity contribution in [1.82, 2.24) is 0 Å². The fourth-order valence-electron chi connectivity index (χ4n) is 4.57. The van der Waals surface area contributed by atoms with E-state index in [1.165, 1.54) is 24.3 Å². The minimum Gasteiger partial charge on any atom is -0.744 e. The van der Waals surface area contributed by atoms with Crippen molar-refractivity contribution in [2.24, 2.45) is 0 Å². The van der Waals surface area contributed by atoms with Gasteiger partial charge in [0.2, 0.25) is 0 Å². The molecule has 0 amide bonds. The van der Waals surface area contributed by atoms with E-state index in [1.54, 1.807) is 24.3 Å². The number of hydrogen-bond acceptors (Lipinski definition) is 14. The molecular weight excluding hydrogens is 800 g/mol. The third-order valence-electron chi connectivity index (χ3n) is 6.91. The van der Waals surface area contributed by atoms with Crippen molar-refractivity contribution in [3.05, 3.63) is 107 Å². The van der Waals surface area contributed by atoms with Crippen LogP contribution in [0.1, 0.15) is 0 Å². The molecule has 0 heterocycles. The summed E-state index contributed by atoms with van der Waals surface area (Å²) < 4.78 is 69.1. The van der Waals surface area contributed by atoms with Crippen LogP contribution in [0.3, 0.4) is 0 Å². The summed E-state index contributed by atoms with van der Waals surface area (Å²) in [4.78, 5) is -1.32. The molecule has 6 rings (SSSR count). The summed E-state index contributed by atoms with van der Waals surface area (Å²) in [6.45, 7) is 0. The molecule has 6 aromatic rings. The number of phenolic OH excluding ortho intramolecular Hbond substituents is 5. The van der Waals surface area contributed by atoms with Crippen molar-refractivity contribution < 1.29 is 85.8 Å². The molecule has 0 saturated heterocycles. The van der Waals surface area contributed by atoms with Gasteiger partial charge in [-0.15, -0.1) is 0 Å². The maximum Gasteiger partial charge on any atom is 1.00 e. The second-order valence-electron chi connectivity index (χ2n) is 10.9. The van der Waals surface area contributed by atoms with Crippen molar-refractivity contribution in [2.45, 2.75) is 9.79 Å². The monoisotopic (exact) mass is 827 g/mol. The number of benzene rings is 6. The maximum absolute atomic E-state index is 11.0. The summed E-state index contributed by atoms with van der Waals surface area (Å²) in [6, 6.07) is 21.8. The Morgan fingerprint density at radius 2 is 0.963 bits per heavy atom. The van der Waals surface area contributed by atoms with Gasteiger partial charge >= 0.3 is 29.6 Å². The molecule has 54 heavy (non-hydrogen) atoms. The van der Waals surface area contributed by atoms with Gasteiger partial charge in [0, 0.05) is 53.5 Å². The van der Waals surface area contributed by atoms with Gasteiger partial charge in [-0.3, -0.25) is 4.55 Å². The summed E-state index contributed by atoms with van der Waals surface area (Å²) in [7, 11) is -9.41. The van der Waals surface area contributed by atoms with Gasteiger partial charge in [0.1, 0.15) is 50.4 Å². The molecule has 0 fully saturated rings. The molecule has 278 valence electrons. The molecule has 0 saturated carbocycles. The first kappa shape index (κ1) is 43.6. The Labute approximate surface area is 340 Å². The quantitative estimate of drug-likeness (QED) is 0.0683. The van der Waals surface area contributed by atoms with E-state index in [1.807, 2.05) is 12.1 Å². The number of nitrogen functional groups attached to an aromatic ring is 3. The molecule has 0 bridgehead atoms. The molecule has 0 aliphatic heterocycles. The first-order valence-corrected chi connectivity index (χ1v) is 18.0. The van der Waals surface area contributed by atoms with Crippen LogP contribution >= 0.6 is 23.2 Å². The zero-order valence-corrected chi connectivity index (χ0v) is 32.8. The summed E-state index contributed by atoms with van der Waals surface area (Å²) in [5, 5.41) is 47.6. The number of ether oxygens (including phenoxy) is 1. The minimum atomic E-state index is -4.80. The van der Waals surface area contributed by atoms with E-state index in [-0.39, 0.29) is 80.5 Å². The van der Waals surface area contributed by atoms with Gasteiger partial charge in [0.25, 0.3) is 10.1 Å². The fourth-order valence-corrected chi connectivity index (χ4v) is 6.01. The molecule has 0 aliphatic rings. The van der Waals surface area contributed by atoms with Crippen LogP contribution in [-0.2, 0) is 20.2 Å². The molecular formula is C34H28Cl2N3NaO12S2. The van der Waals surface area contributed by atoms with E-state index >= 15 is 0 Å². The standard InChI is InChI=1S/C12H10Cl2N2.C12H10O5.C10H9NO7S2.Na/c13-9-5-7(1-3-11(9)15)8-2-4-12(16)10(14)6-8;13-7-1-8(14)4-11(3-7)17-12-5-9(15)2-10(16)6-12;11-8-3-6(19(13,14)15)1-5-2-7(20(16,17)18)4-9(12)10(5)8;/h1-6H,15-16H2;1-6,13-16H;1-4,12H,11H2,(H,13,14,15)(H,16,17,18);/q;;;+1/p-1. The zero-order valence-electron chi connectivity index (χ0n) is 27.7. The van der Waals surface area contributed by atoms with E-state index in [9.17, 15) is 46.9 Å². The second-order valence-corrected chi connectivity index (χ2v) is 14.5. The van der Waals surface area contributed by atoms with Crippen molar-refractivity contribution in [2.75, 3.05) is 17.2 Å². The molecule has 0 unspecified atom stereocenters. The Morgan fingerprint density at radius 1 is 0.556 bits per heavy atom. The minimum absolute atomic E-state index is 0. The molecule has 0 atom stereocenters. The van der Waals surface area contributed by atoms with Crippen LogP contribution in [0.2, 0.25) is 10.0 Å². The smallest absolute Gasteiger partial charge is 0.744 e. The SMILES string of the molecule is Nc1cc(S(=O)(=O)[O-])cc2cc(S(=O)(=O)O)cc(O)c12.Nc1ccc(-c2ccc(N)c(Cl)c2)cc1Cl.Oc1cc(O)cc(Oc2cc(O)cc(O)c2)c1.[Na+]. The Morgan fingerprint density at radius 3 is 1.33 bits per heavy atom. The number of hydrogen-bond donors (Lipinski definition) is 9. The molecule has 12 N–H and O–H groups in total. The van der Waals surface area contributed by atoms with E-state index in [2.05, 4.69) is 0 Å². The van der Waals surface area contributed by atoms with E-state index in [0.717, 1.165) is 47.5 Å². The molecule has 15 nitrogen and oxygen atoms in total. The molecule has 20 heteroatoms. The molecule has 0 aliphatic carbocycles. The Balaban J connectivity index is 0.000000217. The van der Waals surface area contributed by atoms with E-state index in [4.69, 9.17) is 49.7 Å². The normalized spacial score (nSPS) is 11.0. The first-order chi connectivity index (χ1) is 24.6. The van der Waals surface area contributed by atoms with Crippen molar-refractivity contribution in [1.29, 1.82) is 0 Å². The number of halogens is 2. The first-order valence-electron chi connectivity index (χ1n) is 14.4. The van der Waals surface area contributed by atoms with Crippen LogP contribution in [0.15, 0.2) is 107 Å². The predicted molar refractivity (Wildman–Crippen MR) is 198 cm³/mol. The number of nitrogens with two attached hydrogens (primary N) is 3. The predicted octanol–water partition coefficient (Wildman–Crippen LogP) is 3.41. The van der Waals surface area contributed by atoms with Crippen LogP contribution < -0.4 is 51.5 Å². The maximum atomic E-state index is 11.0. The number of anilines is 3. The Bertz CT molecular complexity index is 2370. The van der Waals surface area contributed by atoms with Gasteiger partial charge in [-0.1, -0.05) is 35.3 Å². The van der Waals surface area contributed by atoms with Crippen LogP contribution in [-0.4, -0.2) is 51.5 Å². The summed E-state index contributed by atoms with van der Waals surface area (Å²) in [6.07, 6.45) is 0. The van der Waals surface area contributed by atoms with Crippen LogP contribution in [0.25, 0.3) is 21.9 Å². The van der Waals surface area contributed by atoms with Gasteiger partial charge in [-0.05, 0) is 59.0 Å². The van der Waals surface area contributed by atoms with Crippen molar-refractivity contribution in [3.8, 4) is 51.4 Å². The van der Waals surface area contributed by atoms with Gasteiger partial charge in [-0.25, -0.2) is 8.42 Å². The summed E-state index contributed by atoms with van der Waals surface area (Å²) in [5.41, 5.74) is 19.7. The Kier molecular flexibility index (Phi) is 14.2. The molecule has 0 aromatic heterocycles. The summed E-state index contributed by atoms with van der Waals surface area (Å²) >= 11 is 11.9. The Hall–Kier alpha value is -4.82. The number of fused-ring (bicyclic) bond motifs is 1. The molecule has 6 aromatic carbocycles. The van der Waals surface area contributed by atoms with Crippen LogP contribution in [0, 0.1) is 0 Å². The zero-order chi connectivity index (χ0) is 39.4. The average Bonchev–Trinajstić information content (AvgIpc) is 3.02. The average molecular weight is 829 g/mol. The molecule has 0 spiro atoms. The van der Waals surface area contributed by atoms with Gasteiger partial charge in [0.15, 0.2) is 0 Å². The van der Waals surface area contributed by atoms with Crippen molar-refractivity contribution in [3.63, 3.8) is 0 Å². The number of rotatable bonds is 5. The van der Waals surface area contributed by atoms with Gasteiger partial charge in [-0.2, -0.15) is 8.42 Å². The van der Waals surface area contributed by atoms with Gasteiger partial charge < -0.3 is 52.0 Å².